The zero-order valence-electron chi connectivity index (χ0n) is 8.71. The number of allylic oxidation sites excluding steroid dienone is 2. The zero-order chi connectivity index (χ0) is 9.94. The van der Waals surface area contributed by atoms with Gasteiger partial charge in [-0.1, -0.05) is 32.4 Å². The molecule has 0 spiro atoms. The highest BCUT2D eigenvalue weighted by Crippen LogP contribution is 1.97. The smallest absolute Gasteiger partial charge is 0.306 e. The molecule has 76 valence electrons. The van der Waals surface area contributed by atoms with Crippen molar-refractivity contribution in [3.8, 4) is 0 Å². The molecule has 0 atom stereocenters. The number of rotatable bonds is 7. The molecule has 0 unspecified atom stereocenters. The number of carbonyl (C=O) groups is 1. The minimum Gasteiger partial charge on any atom is -0.466 e. The first kappa shape index (κ1) is 12.2. The lowest BCUT2D eigenvalue weighted by molar-refractivity contribution is -0.143. The van der Waals surface area contributed by atoms with Gasteiger partial charge in [-0.05, 0) is 19.3 Å². The molecule has 0 saturated heterocycles. The second-order valence-electron chi connectivity index (χ2n) is 3.02. The van der Waals surface area contributed by atoms with Crippen LogP contribution in [-0.2, 0) is 9.53 Å². The molecule has 0 aromatic heterocycles. The average molecular weight is 184 g/mol. The summed E-state index contributed by atoms with van der Waals surface area (Å²) in [6.07, 6.45) is 8.66. The Hall–Kier alpha value is -0.790. The van der Waals surface area contributed by atoms with Gasteiger partial charge in [0.05, 0.1) is 6.61 Å². The van der Waals surface area contributed by atoms with Crippen LogP contribution in [0.15, 0.2) is 12.2 Å². The van der Waals surface area contributed by atoms with Gasteiger partial charge in [-0.25, -0.2) is 0 Å². The molecule has 0 amide bonds. The minimum atomic E-state index is -0.0806. The zero-order valence-corrected chi connectivity index (χ0v) is 8.71. The van der Waals surface area contributed by atoms with E-state index in [1.165, 1.54) is 0 Å². The lowest BCUT2D eigenvalue weighted by Crippen LogP contribution is -2.03. The van der Waals surface area contributed by atoms with Gasteiger partial charge >= 0.3 is 5.97 Å². The number of unbranched alkanes of at least 4 members (excludes halogenated alkanes) is 1. The average Bonchev–Trinajstić information content (AvgIpc) is 2.14. The maximum absolute atomic E-state index is 11.0. The highest BCUT2D eigenvalue weighted by atomic mass is 16.5. The molecular weight excluding hydrogens is 164 g/mol. The Kier molecular flexibility index (Phi) is 8.73. The van der Waals surface area contributed by atoms with E-state index in [0.717, 1.165) is 25.7 Å². The quantitative estimate of drug-likeness (QED) is 0.449. The van der Waals surface area contributed by atoms with E-state index < -0.39 is 0 Å². The molecule has 0 heterocycles. The second-order valence-corrected chi connectivity index (χ2v) is 3.02. The summed E-state index contributed by atoms with van der Waals surface area (Å²) in [4.78, 5) is 11.0. The number of hydrogen-bond donors (Lipinski definition) is 0. The molecule has 0 aromatic carbocycles. The van der Waals surface area contributed by atoms with Crippen LogP contribution < -0.4 is 0 Å². The maximum atomic E-state index is 11.0. The summed E-state index contributed by atoms with van der Waals surface area (Å²) in [5, 5.41) is 0. The van der Waals surface area contributed by atoms with E-state index in [9.17, 15) is 4.79 Å². The molecule has 0 aliphatic carbocycles. The van der Waals surface area contributed by atoms with Crippen molar-refractivity contribution in [3.05, 3.63) is 12.2 Å². The molecule has 2 heteroatoms. The van der Waals surface area contributed by atoms with Crippen LogP contribution in [0.3, 0.4) is 0 Å². The Balaban J connectivity index is 3.26. The van der Waals surface area contributed by atoms with Gasteiger partial charge in [0.25, 0.3) is 0 Å². The number of esters is 1. The maximum Gasteiger partial charge on any atom is 0.306 e. The molecule has 13 heavy (non-hydrogen) atoms. The lowest BCUT2D eigenvalue weighted by Gasteiger charge is -1.99. The first-order chi connectivity index (χ1) is 6.31. The van der Waals surface area contributed by atoms with E-state index in [1.54, 1.807) is 0 Å². The van der Waals surface area contributed by atoms with Crippen LogP contribution in [0, 0.1) is 0 Å². The van der Waals surface area contributed by atoms with Gasteiger partial charge in [-0.15, -0.1) is 0 Å². The normalized spacial score (nSPS) is 10.6. The number of carbonyl (C=O) groups excluding carboxylic acids is 1. The summed E-state index contributed by atoms with van der Waals surface area (Å²) in [6.45, 7) is 4.69. The highest BCUT2D eigenvalue weighted by Gasteiger charge is 1.98. The van der Waals surface area contributed by atoms with Gasteiger partial charge < -0.3 is 4.74 Å². The van der Waals surface area contributed by atoms with E-state index in [2.05, 4.69) is 19.1 Å². The Bertz CT molecular complexity index is 150. The summed E-state index contributed by atoms with van der Waals surface area (Å²) in [6, 6.07) is 0. The van der Waals surface area contributed by atoms with Crippen LogP contribution in [-0.4, -0.2) is 12.6 Å². The monoisotopic (exact) mass is 184 g/mol. The summed E-state index contributed by atoms with van der Waals surface area (Å²) in [5.74, 6) is -0.0806. The van der Waals surface area contributed by atoms with Crippen LogP contribution >= 0.6 is 0 Å². The molecule has 0 aliphatic heterocycles. The van der Waals surface area contributed by atoms with Gasteiger partial charge in [-0.2, -0.15) is 0 Å². The summed E-state index contributed by atoms with van der Waals surface area (Å²) in [7, 11) is 0. The predicted molar refractivity (Wildman–Crippen MR) is 54.5 cm³/mol. The predicted octanol–water partition coefficient (Wildman–Crippen LogP) is 3.08. The topological polar surface area (TPSA) is 26.3 Å². The van der Waals surface area contributed by atoms with Crippen molar-refractivity contribution in [2.45, 2.75) is 46.0 Å². The van der Waals surface area contributed by atoms with Crippen LogP contribution in [0.4, 0.5) is 0 Å². The van der Waals surface area contributed by atoms with Crippen molar-refractivity contribution in [1.29, 1.82) is 0 Å². The van der Waals surface area contributed by atoms with Crippen molar-refractivity contribution in [1.82, 2.24) is 0 Å². The fraction of sp³-hybridized carbons (Fsp3) is 0.727. The van der Waals surface area contributed by atoms with Gasteiger partial charge in [-0.3, -0.25) is 4.79 Å². The minimum absolute atomic E-state index is 0.0806. The Morgan fingerprint density at radius 3 is 2.46 bits per heavy atom. The van der Waals surface area contributed by atoms with Crippen LogP contribution in [0.1, 0.15) is 46.0 Å². The lowest BCUT2D eigenvalue weighted by atomic mass is 10.2. The van der Waals surface area contributed by atoms with E-state index >= 15 is 0 Å². The Morgan fingerprint density at radius 2 is 1.85 bits per heavy atom. The van der Waals surface area contributed by atoms with Crippen molar-refractivity contribution in [3.63, 3.8) is 0 Å². The first-order valence-corrected chi connectivity index (χ1v) is 5.11. The van der Waals surface area contributed by atoms with Gasteiger partial charge in [0.15, 0.2) is 0 Å². The Labute approximate surface area is 81.0 Å². The fourth-order valence-corrected chi connectivity index (χ4v) is 0.892. The summed E-state index contributed by atoms with van der Waals surface area (Å²) >= 11 is 0. The third-order valence-corrected chi connectivity index (χ3v) is 1.60. The summed E-state index contributed by atoms with van der Waals surface area (Å²) in [5.41, 5.74) is 0. The van der Waals surface area contributed by atoms with Gasteiger partial charge in [0.2, 0.25) is 0 Å². The van der Waals surface area contributed by atoms with Crippen LogP contribution in [0.25, 0.3) is 0 Å². The van der Waals surface area contributed by atoms with Gasteiger partial charge in [0, 0.05) is 6.42 Å². The van der Waals surface area contributed by atoms with Crippen molar-refractivity contribution >= 4 is 5.97 Å². The standard InChI is InChI=1S/C11H20O2/c1-3-5-6-7-8-9-11(12)13-10-4-2/h6-7H,3-5,8-10H2,1-2H3. The van der Waals surface area contributed by atoms with Crippen molar-refractivity contribution < 1.29 is 9.53 Å². The van der Waals surface area contributed by atoms with E-state index in [0.29, 0.717) is 13.0 Å². The van der Waals surface area contributed by atoms with E-state index in [1.807, 2.05) is 6.92 Å². The van der Waals surface area contributed by atoms with Crippen LogP contribution in [0.5, 0.6) is 0 Å². The van der Waals surface area contributed by atoms with Crippen LogP contribution in [0.2, 0.25) is 0 Å². The number of hydrogen-bond acceptors (Lipinski definition) is 2. The Morgan fingerprint density at radius 1 is 1.15 bits per heavy atom. The SMILES string of the molecule is CCCC=CCCC(=O)OCCC. The highest BCUT2D eigenvalue weighted by molar-refractivity contribution is 5.69. The molecule has 0 saturated carbocycles. The third kappa shape index (κ3) is 9.12. The molecule has 0 radical (unpaired) electrons. The molecule has 0 fully saturated rings. The van der Waals surface area contributed by atoms with Crippen molar-refractivity contribution in [2.24, 2.45) is 0 Å². The largest absolute Gasteiger partial charge is 0.466 e. The van der Waals surface area contributed by atoms with Gasteiger partial charge in [0.1, 0.15) is 0 Å². The molecule has 2 nitrogen and oxygen atoms in total. The molecular formula is C11H20O2. The second kappa shape index (κ2) is 9.30. The van der Waals surface area contributed by atoms with E-state index in [4.69, 9.17) is 4.74 Å². The molecule has 0 aromatic rings. The third-order valence-electron chi connectivity index (χ3n) is 1.60. The summed E-state index contributed by atoms with van der Waals surface area (Å²) < 4.78 is 4.92. The first-order valence-electron chi connectivity index (χ1n) is 5.11. The molecule has 0 bridgehead atoms. The molecule has 0 N–H and O–H groups in total. The van der Waals surface area contributed by atoms with Crippen molar-refractivity contribution in [2.75, 3.05) is 6.61 Å². The molecule has 0 aliphatic rings. The molecule has 0 rings (SSSR count). The fourth-order valence-electron chi connectivity index (χ4n) is 0.892. The number of ether oxygens (including phenoxy) is 1. The van der Waals surface area contributed by atoms with E-state index in [-0.39, 0.29) is 5.97 Å².